The number of rotatable bonds is 4. The van der Waals surface area contributed by atoms with Gasteiger partial charge in [-0.05, 0) is 30.7 Å². The Bertz CT molecular complexity index is 1130. The van der Waals surface area contributed by atoms with Gasteiger partial charge in [-0.25, -0.2) is 4.39 Å². The van der Waals surface area contributed by atoms with Crippen molar-refractivity contribution in [2.24, 2.45) is 7.05 Å². The minimum atomic E-state index is -0.391. The van der Waals surface area contributed by atoms with Crippen LogP contribution in [-0.2, 0) is 18.4 Å². The zero-order valence-corrected chi connectivity index (χ0v) is 14.7. The van der Waals surface area contributed by atoms with Crippen LogP contribution in [0.3, 0.4) is 0 Å². The van der Waals surface area contributed by atoms with Gasteiger partial charge in [-0.15, -0.1) is 0 Å². The number of fused-ring (bicyclic) bond motifs is 2. The number of anilines is 1. The molecule has 4 aromatic rings. The summed E-state index contributed by atoms with van der Waals surface area (Å²) >= 11 is 0. The van der Waals surface area contributed by atoms with E-state index in [2.05, 4.69) is 28.0 Å². The average Bonchev–Trinajstić information content (AvgIpc) is 3.12. The first-order valence-electron chi connectivity index (χ1n) is 8.50. The molecule has 0 spiro atoms. The Labute approximate surface area is 150 Å². The zero-order valence-electron chi connectivity index (χ0n) is 14.7. The molecule has 0 unspecified atom stereocenters. The molecule has 0 saturated heterocycles. The van der Waals surface area contributed by atoms with Gasteiger partial charge < -0.3 is 9.88 Å². The van der Waals surface area contributed by atoms with Crippen molar-refractivity contribution in [1.82, 2.24) is 14.3 Å². The van der Waals surface area contributed by atoms with E-state index in [1.165, 1.54) is 17.0 Å². The predicted octanol–water partition coefficient (Wildman–Crippen LogP) is 4.00. The predicted molar refractivity (Wildman–Crippen MR) is 101 cm³/mol. The Kier molecular flexibility index (Phi) is 3.95. The summed E-state index contributed by atoms with van der Waals surface area (Å²) in [5.74, 6) is -0.319. The summed E-state index contributed by atoms with van der Waals surface area (Å²) in [4.78, 5) is 12.4. The van der Waals surface area contributed by atoms with E-state index in [1.807, 2.05) is 24.4 Å². The van der Waals surface area contributed by atoms with Gasteiger partial charge in [0.1, 0.15) is 5.82 Å². The number of benzene rings is 2. The summed E-state index contributed by atoms with van der Waals surface area (Å²) in [5, 5.41) is 8.51. The molecule has 1 amide bonds. The first-order valence-corrected chi connectivity index (χ1v) is 8.50. The van der Waals surface area contributed by atoms with Crippen molar-refractivity contribution < 1.29 is 9.18 Å². The van der Waals surface area contributed by atoms with E-state index in [9.17, 15) is 9.18 Å². The van der Waals surface area contributed by atoms with Crippen LogP contribution in [0.15, 0.2) is 48.7 Å². The number of carbonyl (C=O) groups excluding carboxylic acids is 1. The molecular formula is C20H19FN4O. The summed E-state index contributed by atoms with van der Waals surface area (Å²) in [6.07, 6.45) is 2.33. The van der Waals surface area contributed by atoms with E-state index in [-0.39, 0.29) is 18.1 Å². The largest absolute Gasteiger partial charge is 0.347 e. The molecule has 5 nitrogen and oxygen atoms in total. The molecule has 2 aromatic carbocycles. The van der Waals surface area contributed by atoms with Crippen LogP contribution in [0, 0.1) is 12.7 Å². The minimum absolute atomic E-state index is 0.191. The van der Waals surface area contributed by atoms with Crippen LogP contribution in [0.5, 0.6) is 0 Å². The van der Waals surface area contributed by atoms with Gasteiger partial charge in [0, 0.05) is 37.1 Å². The summed E-state index contributed by atoms with van der Waals surface area (Å²) in [5.41, 5.74) is 2.93. The van der Waals surface area contributed by atoms with Crippen molar-refractivity contribution >= 4 is 33.5 Å². The fourth-order valence-electron chi connectivity index (χ4n) is 3.39. The molecule has 0 aliphatic heterocycles. The fourth-order valence-corrected chi connectivity index (χ4v) is 3.39. The van der Waals surface area contributed by atoms with Crippen LogP contribution in [0.4, 0.5) is 10.2 Å². The number of aromatic nitrogens is 3. The van der Waals surface area contributed by atoms with Crippen LogP contribution in [-0.4, -0.2) is 20.3 Å². The number of nitrogens with zero attached hydrogens (tertiary/aromatic N) is 3. The fraction of sp³-hybridized carbons (Fsp3) is 0.200. The second-order valence-corrected chi connectivity index (χ2v) is 6.43. The minimum Gasteiger partial charge on any atom is -0.347 e. The molecule has 1 N–H and O–H groups in total. The van der Waals surface area contributed by atoms with E-state index >= 15 is 0 Å². The average molecular weight is 350 g/mol. The third-order valence-electron chi connectivity index (χ3n) is 4.65. The quantitative estimate of drug-likeness (QED) is 0.605. The maximum absolute atomic E-state index is 14.1. The molecule has 0 fully saturated rings. The van der Waals surface area contributed by atoms with Crippen molar-refractivity contribution in [2.45, 2.75) is 19.9 Å². The standard InChI is InChI=1S/C20H19FN4O/c1-13-12-25(16-8-4-3-6-14(13)16)11-10-18(26)22-20-19-15(21)7-5-9-17(19)24(2)23-20/h3-9,12H,10-11H2,1-2H3,(H,22,23,26). The molecule has 0 atom stereocenters. The second-order valence-electron chi connectivity index (χ2n) is 6.43. The SMILES string of the molecule is Cc1cn(CCC(=O)Nc2nn(C)c3cccc(F)c23)c2ccccc12. The van der Waals surface area contributed by atoms with Gasteiger partial charge in [-0.3, -0.25) is 9.48 Å². The Morgan fingerprint density at radius 3 is 2.77 bits per heavy atom. The molecule has 2 heterocycles. The normalized spacial score (nSPS) is 11.3. The van der Waals surface area contributed by atoms with Crippen molar-refractivity contribution in [3.05, 3.63) is 60.0 Å². The molecule has 0 radical (unpaired) electrons. The highest BCUT2D eigenvalue weighted by atomic mass is 19.1. The molecule has 2 aromatic heterocycles. The van der Waals surface area contributed by atoms with Crippen LogP contribution >= 0.6 is 0 Å². The van der Waals surface area contributed by atoms with Gasteiger partial charge in [0.25, 0.3) is 0 Å². The Morgan fingerprint density at radius 2 is 1.92 bits per heavy atom. The van der Waals surface area contributed by atoms with E-state index in [0.29, 0.717) is 17.4 Å². The maximum atomic E-state index is 14.1. The summed E-state index contributed by atoms with van der Waals surface area (Å²) in [6.45, 7) is 2.61. The van der Waals surface area contributed by atoms with Crippen molar-refractivity contribution in [3.63, 3.8) is 0 Å². The zero-order chi connectivity index (χ0) is 18.3. The molecule has 0 aliphatic carbocycles. The van der Waals surface area contributed by atoms with Gasteiger partial charge >= 0.3 is 0 Å². The molecule has 26 heavy (non-hydrogen) atoms. The number of hydrogen-bond acceptors (Lipinski definition) is 2. The number of halogens is 1. The number of hydrogen-bond donors (Lipinski definition) is 1. The van der Waals surface area contributed by atoms with Crippen molar-refractivity contribution in [3.8, 4) is 0 Å². The number of amides is 1. The molecule has 0 aliphatic rings. The lowest BCUT2D eigenvalue weighted by molar-refractivity contribution is -0.116. The van der Waals surface area contributed by atoms with Crippen LogP contribution in [0.2, 0.25) is 0 Å². The summed E-state index contributed by atoms with van der Waals surface area (Å²) in [7, 11) is 1.73. The third kappa shape index (κ3) is 2.73. The summed E-state index contributed by atoms with van der Waals surface area (Å²) < 4.78 is 17.8. The molecule has 0 bridgehead atoms. The monoisotopic (exact) mass is 350 g/mol. The highest BCUT2D eigenvalue weighted by Gasteiger charge is 2.15. The third-order valence-corrected chi connectivity index (χ3v) is 4.65. The number of aryl methyl sites for hydroxylation is 3. The Morgan fingerprint density at radius 1 is 1.15 bits per heavy atom. The van der Waals surface area contributed by atoms with Crippen LogP contribution in [0.1, 0.15) is 12.0 Å². The molecule has 4 rings (SSSR count). The van der Waals surface area contributed by atoms with Crippen molar-refractivity contribution in [2.75, 3.05) is 5.32 Å². The van der Waals surface area contributed by atoms with Crippen LogP contribution in [0.25, 0.3) is 21.8 Å². The second kappa shape index (κ2) is 6.29. The number of para-hydroxylation sites is 1. The first-order chi connectivity index (χ1) is 12.5. The Hall–Kier alpha value is -3.15. The highest BCUT2D eigenvalue weighted by Crippen LogP contribution is 2.25. The first kappa shape index (κ1) is 16.3. The van der Waals surface area contributed by atoms with E-state index in [1.54, 1.807) is 23.9 Å². The lowest BCUT2D eigenvalue weighted by Gasteiger charge is -2.06. The maximum Gasteiger partial charge on any atom is 0.227 e. The lowest BCUT2D eigenvalue weighted by Crippen LogP contribution is -2.15. The van der Waals surface area contributed by atoms with E-state index in [0.717, 1.165) is 5.52 Å². The summed E-state index contributed by atoms with van der Waals surface area (Å²) in [6, 6.07) is 12.9. The van der Waals surface area contributed by atoms with E-state index in [4.69, 9.17) is 0 Å². The smallest absolute Gasteiger partial charge is 0.227 e. The highest BCUT2D eigenvalue weighted by molar-refractivity contribution is 6.00. The van der Waals surface area contributed by atoms with E-state index < -0.39 is 5.82 Å². The number of carbonyl (C=O) groups is 1. The molecular weight excluding hydrogens is 331 g/mol. The molecule has 0 saturated carbocycles. The van der Waals surface area contributed by atoms with Gasteiger partial charge in [0.2, 0.25) is 5.91 Å². The van der Waals surface area contributed by atoms with Gasteiger partial charge in [0.15, 0.2) is 5.82 Å². The van der Waals surface area contributed by atoms with Gasteiger partial charge in [0.05, 0.1) is 10.9 Å². The lowest BCUT2D eigenvalue weighted by atomic mass is 10.2. The van der Waals surface area contributed by atoms with Gasteiger partial charge in [-0.2, -0.15) is 5.10 Å². The Balaban J connectivity index is 1.53. The molecule has 6 heteroatoms. The van der Waals surface area contributed by atoms with Crippen LogP contribution < -0.4 is 5.32 Å². The topological polar surface area (TPSA) is 51.9 Å². The molecule has 132 valence electrons. The number of nitrogens with one attached hydrogen (secondary N) is 1. The van der Waals surface area contributed by atoms with Gasteiger partial charge in [-0.1, -0.05) is 24.3 Å². The van der Waals surface area contributed by atoms with Crippen molar-refractivity contribution in [1.29, 1.82) is 0 Å².